The molecule has 0 fully saturated rings. The van der Waals surface area contributed by atoms with Crippen LogP contribution in [0.25, 0.3) is 0 Å². The van der Waals surface area contributed by atoms with Gasteiger partial charge in [-0.05, 0) is 30.8 Å². The number of allylic oxidation sites excluding steroid dienone is 2. The molecule has 0 atom stereocenters. The van der Waals surface area contributed by atoms with Crippen molar-refractivity contribution in [2.45, 2.75) is 78.1 Å². The van der Waals surface area contributed by atoms with E-state index in [9.17, 15) is 0 Å². The Hall–Kier alpha value is -0.460. The van der Waals surface area contributed by atoms with E-state index in [0.29, 0.717) is 5.92 Å². The van der Waals surface area contributed by atoms with Gasteiger partial charge in [-0.3, -0.25) is 0 Å². The van der Waals surface area contributed by atoms with Crippen molar-refractivity contribution in [3.05, 3.63) is 11.3 Å². The summed E-state index contributed by atoms with van der Waals surface area (Å²) in [6.45, 7) is 4.61. The van der Waals surface area contributed by atoms with Crippen LogP contribution < -0.4 is 0 Å². The highest BCUT2D eigenvalue weighted by atomic mass is 16.5. The van der Waals surface area contributed by atoms with Crippen molar-refractivity contribution >= 4 is 0 Å². The first-order valence-electron chi connectivity index (χ1n) is 7.51. The molecule has 1 aliphatic rings. The normalized spacial score (nSPS) is 20.9. The molecular weight excluding hydrogens is 208 g/mol. The second-order valence-corrected chi connectivity index (χ2v) is 5.64. The van der Waals surface area contributed by atoms with Crippen LogP contribution in [0.2, 0.25) is 0 Å². The van der Waals surface area contributed by atoms with E-state index < -0.39 is 0 Å². The number of ether oxygens (including phenoxy) is 1. The van der Waals surface area contributed by atoms with E-state index in [-0.39, 0.29) is 0 Å². The quantitative estimate of drug-likeness (QED) is 0.621. The van der Waals surface area contributed by atoms with Crippen LogP contribution in [0.5, 0.6) is 0 Å². The minimum Gasteiger partial charge on any atom is -0.501 e. The summed E-state index contributed by atoms with van der Waals surface area (Å²) in [4.78, 5) is 0. The van der Waals surface area contributed by atoms with E-state index in [4.69, 9.17) is 4.74 Å². The zero-order chi connectivity index (χ0) is 12.5. The summed E-state index contributed by atoms with van der Waals surface area (Å²) in [5, 5.41) is 0. The van der Waals surface area contributed by atoms with Gasteiger partial charge in [-0.15, -0.1) is 0 Å². The van der Waals surface area contributed by atoms with Crippen LogP contribution >= 0.6 is 0 Å². The molecule has 1 heteroatoms. The molecule has 0 N–H and O–H groups in total. The average molecular weight is 238 g/mol. The lowest BCUT2D eigenvalue weighted by Crippen LogP contribution is -2.03. The smallest absolute Gasteiger partial charge is 0.0949 e. The summed E-state index contributed by atoms with van der Waals surface area (Å²) in [6.07, 6.45) is 13.5. The fourth-order valence-electron chi connectivity index (χ4n) is 2.81. The Kier molecular flexibility index (Phi) is 7.39. The summed E-state index contributed by atoms with van der Waals surface area (Å²) in [6, 6.07) is 0. The van der Waals surface area contributed by atoms with E-state index >= 15 is 0 Å². The Morgan fingerprint density at radius 2 is 1.24 bits per heavy atom. The Labute approximate surface area is 108 Å². The minimum atomic E-state index is 0.646. The van der Waals surface area contributed by atoms with Gasteiger partial charge in [0, 0.05) is 6.42 Å². The van der Waals surface area contributed by atoms with Crippen LogP contribution in [0, 0.1) is 5.92 Å². The summed E-state index contributed by atoms with van der Waals surface area (Å²) in [7, 11) is 1.85. The summed E-state index contributed by atoms with van der Waals surface area (Å²) in [5.74, 6) is 1.94. The van der Waals surface area contributed by atoms with E-state index in [0.717, 1.165) is 6.42 Å². The molecule has 0 heterocycles. The molecule has 0 amide bonds. The van der Waals surface area contributed by atoms with E-state index in [1.54, 1.807) is 5.57 Å². The lowest BCUT2D eigenvalue weighted by Gasteiger charge is -2.18. The predicted molar refractivity (Wildman–Crippen MR) is 75.0 cm³/mol. The molecule has 0 saturated heterocycles. The summed E-state index contributed by atoms with van der Waals surface area (Å²) >= 11 is 0. The van der Waals surface area contributed by atoms with Gasteiger partial charge in [-0.25, -0.2) is 0 Å². The van der Waals surface area contributed by atoms with Crippen LogP contribution in [0.1, 0.15) is 78.1 Å². The lowest BCUT2D eigenvalue weighted by molar-refractivity contribution is 0.261. The molecule has 0 unspecified atom stereocenters. The molecule has 0 aromatic heterocycles. The van der Waals surface area contributed by atoms with Crippen molar-refractivity contribution in [3.63, 3.8) is 0 Å². The second-order valence-electron chi connectivity index (χ2n) is 5.64. The number of methoxy groups -OCH3 is 1. The highest BCUT2D eigenvalue weighted by Crippen LogP contribution is 2.26. The van der Waals surface area contributed by atoms with Gasteiger partial charge in [0.15, 0.2) is 0 Å². The summed E-state index contributed by atoms with van der Waals surface area (Å²) < 4.78 is 5.65. The van der Waals surface area contributed by atoms with Crippen molar-refractivity contribution < 1.29 is 4.74 Å². The van der Waals surface area contributed by atoms with Crippen molar-refractivity contribution in [1.29, 1.82) is 0 Å². The van der Waals surface area contributed by atoms with Crippen molar-refractivity contribution in [2.75, 3.05) is 7.11 Å². The zero-order valence-electron chi connectivity index (χ0n) is 12.1. The van der Waals surface area contributed by atoms with Gasteiger partial charge in [0.05, 0.1) is 12.9 Å². The van der Waals surface area contributed by atoms with Crippen molar-refractivity contribution in [2.24, 2.45) is 5.92 Å². The SMILES string of the molecule is COC1=C(C(C)C)CCCCCCCCCC1. The van der Waals surface area contributed by atoms with Gasteiger partial charge < -0.3 is 4.74 Å². The van der Waals surface area contributed by atoms with E-state index in [2.05, 4.69) is 13.8 Å². The van der Waals surface area contributed by atoms with Gasteiger partial charge in [0.1, 0.15) is 0 Å². The highest BCUT2D eigenvalue weighted by molar-refractivity contribution is 5.11. The monoisotopic (exact) mass is 238 g/mol. The third-order valence-corrected chi connectivity index (χ3v) is 3.90. The molecule has 100 valence electrons. The number of rotatable bonds is 2. The van der Waals surface area contributed by atoms with Crippen LogP contribution in [0.3, 0.4) is 0 Å². The first kappa shape index (κ1) is 14.6. The number of hydrogen-bond donors (Lipinski definition) is 0. The maximum absolute atomic E-state index is 5.65. The molecule has 0 aromatic rings. The van der Waals surface area contributed by atoms with Gasteiger partial charge in [-0.2, -0.15) is 0 Å². The summed E-state index contributed by atoms with van der Waals surface area (Å²) in [5.41, 5.74) is 1.58. The van der Waals surface area contributed by atoms with Crippen LogP contribution in [-0.4, -0.2) is 7.11 Å². The molecule has 0 bridgehead atoms. The van der Waals surface area contributed by atoms with Gasteiger partial charge in [0.25, 0.3) is 0 Å². The molecule has 0 spiro atoms. The topological polar surface area (TPSA) is 9.23 Å². The van der Waals surface area contributed by atoms with Crippen molar-refractivity contribution in [3.8, 4) is 0 Å². The lowest BCUT2D eigenvalue weighted by atomic mass is 9.92. The molecule has 1 rings (SSSR count). The Morgan fingerprint density at radius 3 is 1.71 bits per heavy atom. The maximum Gasteiger partial charge on any atom is 0.0949 e. The van der Waals surface area contributed by atoms with Crippen LogP contribution in [-0.2, 0) is 4.74 Å². The average Bonchev–Trinajstić information content (AvgIpc) is 2.29. The fourth-order valence-corrected chi connectivity index (χ4v) is 2.81. The Bertz CT molecular complexity index is 228. The van der Waals surface area contributed by atoms with Crippen molar-refractivity contribution in [1.82, 2.24) is 0 Å². The standard InChI is InChI=1S/C16H30O/c1-14(2)15-12-10-8-6-4-5-7-9-11-13-16(15)17-3/h14H,4-13H2,1-3H3. The first-order chi connectivity index (χ1) is 8.25. The molecule has 0 saturated carbocycles. The van der Waals surface area contributed by atoms with E-state index in [1.807, 2.05) is 7.11 Å². The first-order valence-corrected chi connectivity index (χ1v) is 7.51. The highest BCUT2D eigenvalue weighted by Gasteiger charge is 2.12. The van der Waals surface area contributed by atoms with E-state index in [1.165, 1.54) is 63.5 Å². The third-order valence-electron chi connectivity index (χ3n) is 3.90. The Balaban J connectivity index is 2.65. The minimum absolute atomic E-state index is 0.646. The molecule has 17 heavy (non-hydrogen) atoms. The molecule has 1 aliphatic carbocycles. The van der Waals surface area contributed by atoms with Crippen LogP contribution in [0.15, 0.2) is 11.3 Å². The predicted octanol–water partition coefficient (Wildman–Crippen LogP) is 5.46. The van der Waals surface area contributed by atoms with Gasteiger partial charge in [0.2, 0.25) is 0 Å². The fraction of sp³-hybridized carbons (Fsp3) is 0.875. The second kappa shape index (κ2) is 8.60. The third kappa shape index (κ3) is 5.61. The molecule has 0 aliphatic heterocycles. The van der Waals surface area contributed by atoms with Gasteiger partial charge >= 0.3 is 0 Å². The number of hydrogen-bond acceptors (Lipinski definition) is 1. The Morgan fingerprint density at radius 1 is 0.765 bits per heavy atom. The van der Waals surface area contributed by atoms with Crippen LogP contribution in [0.4, 0.5) is 0 Å². The largest absolute Gasteiger partial charge is 0.501 e. The molecular formula is C16H30O. The zero-order valence-corrected chi connectivity index (χ0v) is 12.1. The molecule has 0 aromatic carbocycles. The molecule has 1 nitrogen and oxygen atoms in total. The van der Waals surface area contributed by atoms with Gasteiger partial charge in [-0.1, -0.05) is 52.4 Å². The molecule has 0 radical (unpaired) electrons. The maximum atomic E-state index is 5.65.